The quantitative estimate of drug-likeness (QED) is 0.178. The standard InChI is InChI=1S/C41H25Br/c42-32-13-7-12-31(25-32)41(37-16-3-1-14-34(37)35-15-2-4-17-38(35)41)30-11-6-10-29(24-30)33-22-20-28-19-18-26-8-5-9-27-21-23-36(33)40(28)39(26)27/h1-25H. The van der Waals surface area contributed by atoms with E-state index in [0.29, 0.717) is 0 Å². The molecule has 0 nitrogen and oxygen atoms in total. The molecule has 0 bridgehead atoms. The van der Waals surface area contributed by atoms with Gasteiger partial charge >= 0.3 is 0 Å². The van der Waals surface area contributed by atoms with Crippen LogP contribution < -0.4 is 0 Å². The van der Waals surface area contributed by atoms with Crippen molar-refractivity contribution in [1.29, 1.82) is 0 Å². The Morgan fingerprint density at radius 3 is 1.69 bits per heavy atom. The lowest BCUT2D eigenvalue weighted by atomic mass is 9.67. The summed E-state index contributed by atoms with van der Waals surface area (Å²) < 4.78 is 1.09. The molecule has 0 radical (unpaired) electrons. The van der Waals surface area contributed by atoms with Gasteiger partial charge in [0.05, 0.1) is 5.41 Å². The molecule has 0 saturated heterocycles. The summed E-state index contributed by atoms with van der Waals surface area (Å²) in [6, 6.07) is 56.3. The number of fused-ring (bicyclic) bond motifs is 3. The highest BCUT2D eigenvalue weighted by atomic mass is 79.9. The minimum Gasteiger partial charge on any atom is -0.0619 e. The fourth-order valence-corrected chi connectivity index (χ4v) is 8.05. The van der Waals surface area contributed by atoms with E-state index in [1.54, 1.807) is 0 Å². The Labute approximate surface area is 253 Å². The maximum Gasteiger partial charge on any atom is 0.0714 e. The minimum atomic E-state index is -0.434. The van der Waals surface area contributed by atoms with Crippen molar-refractivity contribution in [3.05, 3.63) is 178 Å². The molecule has 0 spiro atoms. The van der Waals surface area contributed by atoms with Crippen LogP contribution in [-0.4, -0.2) is 0 Å². The smallest absolute Gasteiger partial charge is 0.0619 e. The number of hydrogen-bond donors (Lipinski definition) is 0. The van der Waals surface area contributed by atoms with Crippen molar-refractivity contribution >= 4 is 48.2 Å². The van der Waals surface area contributed by atoms with Gasteiger partial charge in [-0.25, -0.2) is 0 Å². The zero-order chi connectivity index (χ0) is 27.8. The van der Waals surface area contributed by atoms with Gasteiger partial charge in [-0.05, 0) is 95.0 Å². The van der Waals surface area contributed by atoms with E-state index in [9.17, 15) is 0 Å². The molecule has 0 atom stereocenters. The van der Waals surface area contributed by atoms with Gasteiger partial charge in [0.15, 0.2) is 0 Å². The molecule has 0 amide bonds. The number of hydrogen-bond acceptors (Lipinski definition) is 0. The second-order valence-electron chi connectivity index (χ2n) is 11.4. The van der Waals surface area contributed by atoms with E-state index in [4.69, 9.17) is 0 Å². The molecule has 0 fully saturated rings. The first-order chi connectivity index (χ1) is 20.7. The molecule has 9 rings (SSSR count). The zero-order valence-corrected chi connectivity index (χ0v) is 24.4. The van der Waals surface area contributed by atoms with Crippen LogP contribution in [0.3, 0.4) is 0 Å². The minimum absolute atomic E-state index is 0.434. The monoisotopic (exact) mass is 596 g/mol. The topological polar surface area (TPSA) is 0 Å². The van der Waals surface area contributed by atoms with Gasteiger partial charge in [-0.2, -0.15) is 0 Å². The van der Waals surface area contributed by atoms with Gasteiger partial charge in [-0.15, -0.1) is 0 Å². The van der Waals surface area contributed by atoms with Crippen molar-refractivity contribution in [2.75, 3.05) is 0 Å². The van der Waals surface area contributed by atoms with Crippen LogP contribution in [0.15, 0.2) is 156 Å². The van der Waals surface area contributed by atoms with Crippen LogP contribution in [-0.2, 0) is 5.41 Å². The Balaban J connectivity index is 1.36. The summed E-state index contributed by atoms with van der Waals surface area (Å²) in [6.07, 6.45) is 0. The van der Waals surface area contributed by atoms with Gasteiger partial charge in [0.25, 0.3) is 0 Å². The molecule has 0 N–H and O–H groups in total. The van der Waals surface area contributed by atoms with Crippen LogP contribution in [0.4, 0.5) is 0 Å². The van der Waals surface area contributed by atoms with E-state index in [2.05, 4.69) is 168 Å². The molecule has 196 valence electrons. The van der Waals surface area contributed by atoms with Gasteiger partial charge in [0.2, 0.25) is 0 Å². The normalized spacial score (nSPS) is 13.5. The molecule has 8 aromatic carbocycles. The lowest BCUT2D eigenvalue weighted by molar-refractivity contribution is 0.768. The van der Waals surface area contributed by atoms with E-state index < -0.39 is 5.41 Å². The molecule has 42 heavy (non-hydrogen) atoms. The van der Waals surface area contributed by atoms with Crippen molar-refractivity contribution in [3.8, 4) is 22.3 Å². The van der Waals surface area contributed by atoms with Crippen LogP contribution in [0.2, 0.25) is 0 Å². The molecule has 0 aliphatic heterocycles. The molecule has 0 aromatic heterocycles. The third kappa shape index (κ3) is 3.17. The number of benzene rings is 8. The van der Waals surface area contributed by atoms with Gasteiger partial charge in [0, 0.05) is 4.47 Å². The molecule has 1 aliphatic carbocycles. The fourth-order valence-electron chi connectivity index (χ4n) is 7.65. The first-order valence-electron chi connectivity index (χ1n) is 14.5. The maximum absolute atomic E-state index is 3.80. The molecular weight excluding hydrogens is 572 g/mol. The molecule has 1 aliphatic rings. The van der Waals surface area contributed by atoms with Crippen LogP contribution in [0.1, 0.15) is 22.3 Å². The summed E-state index contributed by atoms with van der Waals surface area (Å²) in [5.74, 6) is 0. The van der Waals surface area contributed by atoms with Crippen molar-refractivity contribution in [3.63, 3.8) is 0 Å². The van der Waals surface area contributed by atoms with Gasteiger partial charge in [-0.3, -0.25) is 0 Å². The van der Waals surface area contributed by atoms with Gasteiger partial charge in [-0.1, -0.05) is 149 Å². The lowest BCUT2D eigenvalue weighted by Gasteiger charge is -2.34. The number of halogens is 1. The van der Waals surface area contributed by atoms with Gasteiger partial charge < -0.3 is 0 Å². The van der Waals surface area contributed by atoms with E-state index in [1.165, 1.54) is 76.8 Å². The first kappa shape index (κ1) is 23.9. The molecule has 0 heterocycles. The predicted molar refractivity (Wildman–Crippen MR) is 181 cm³/mol. The summed E-state index contributed by atoms with van der Waals surface area (Å²) in [5, 5.41) is 7.89. The van der Waals surface area contributed by atoms with Crippen molar-refractivity contribution in [2.45, 2.75) is 5.41 Å². The zero-order valence-electron chi connectivity index (χ0n) is 22.8. The van der Waals surface area contributed by atoms with Crippen molar-refractivity contribution in [2.24, 2.45) is 0 Å². The Kier molecular flexibility index (Phi) is 5.06. The van der Waals surface area contributed by atoms with Crippen LogP contribution in [0, 0.1) is 0 Å². The summed E-state index contributed by atoms with van der Waals surface area (Å²) in [5.41, 5.74) is 9.89. The lowest BCUT2D eigenvalue weighted by Crippen LogP contribution is -2.28. The van der Waals surface area contributed by atoms with Crippen LogP contribution in [0.25, 0.3) is 54.6 Å². The highest BCUT2D eigenvalue weighted by molar-refractivity contribution is 9.10. The third-order valence-electron chi connectivity index (χ3n) is 9.35. The average molecular weight is 598 g/mol. The second kappa shape index (κ2) is 8.89. The SMILES string of the molecule is Brc1cccc(C2(c3cccc(-c4ccc5ccc6cccc7ccc4c5c67)c3)c3ccccc3-c3ccccc32)c1. The Hall–Kier alpha value is -4.72. The second-order valence-corrected chi connectivity index (χ2v) is 12.3. The highest BCUT2D eigenvalue weighted by Gasteiger charge is 2.46. The highest BCUT2D eigenvalue weighted by Crippen LogP contribution is 2.56. The Morgan fingerprint density at radius 2 is 0.976 bits per heavy atom. The van der Waals surface area contributed by atoms with Crippen molar-refractivity contribution in [1.82, 2.24) is 0 Å². The van der Waals surface area contributed by atoms with E-state index in [0.717, 1.165) is 4.47 Å². The van der Waals surface area contributed by atoms with E-state index in [-0.39, 0.29) is 0 Å². The number of rotatable bonds is 3. The molecule has 8 aromatic rings. The largest absolute Gasteiger partial charge is 0.0714 e. The summed E-state index contributed by atoms with van der Waals surface area (Å²) in [4.78, 5) is 0. The molecule has 1 heteroatoms. The Bertz CT molecular complexity index is 2260. The predicted octanol–water partition coefficient (Wildman–Crippen LogP) is 11.4. The summed E-state index contributed by atoms with van der Waals surface area (Å²) in [6.45, 7) is 0. The summed E-state index contributed by atoms with van der Waals surface area (Å²) >= 11 is 3.80. The molecule has 0 saturated carbocycles. The summed E-state index contributed by atoms with van der Waals surface area (Å²) in [7, 11) is 0. The van der Waals surface area contributed by atoms with E-state index >= 15 is 0 Å². The molecular formula is C41H25Br. The van der Waals surface area contributed by atoms with Crippen molar-refractivity contribution < 1.29 is 0 Å². The first-order valence-corrected chi connectivity index (χ1v) is 15.3. The van der Waals surface area contributed by atoms with Crippen LogP contribution in [0.5, 0.6) is 0 Å². The average Bonchev–Trinajstić information content (AvgIpc) is 3.35. The molecule has 0 unspecified atom stereocenters. The fraction of sp³-hybridized carbons (Fsp3) is 0.0244. The third-order valence-corrected chi connectivity index (χ3v) is 9.84. The van der Waals surface area contributed by atoms with E-state index in [1.807, 2.05) is 0 Å². The Morgan fingerprint density at radius 1 is 0.405 bits per heavy atom. The maximum atomic E-state index is 3.80. The van der Waals surface area contributed by atoms with Gasteiger partial charge in [0.1, 0.15) is 0 Å². The van der Waals surface area contributed by atoms with Crippen LogP contribution >= 0.6 is 15.9 Å².